The molecule has 0 N–H and O–H groups in total. The average molecular weight is 381 g/mol. The summed E-state index contributed by atoms with van der Waals surface area (Å²) < 4.78 is 12.2. The predicted octanol–water partition coefficient (Wildman–Crippen LogP) is 3.50. The van der Waals surface area contributed by atoms with Gasteiger partial charge >= 0.3 is 5.97 Å². The zero-order chi connectivity index (χ0) is 20.4. The van der Waals surface area contributed by atoms with Gasteiger partial charge in [0.1, 0.15) is 5.76 Å². The third-order valence-electron chi connectivity index (χ3n) is 4.53. The van der Waals surface area contributed by atoms with E-state index in [0.29, 0.717) is 22.7 Å². The minimum atomic E-state index is -0.528. The number of anilines is 1. The maximum absolute atomic E-state index is 12.6. The van der Waals surface area contributed by atoms with Crippen molar-refractivity contribution in [2.45, 2.75) is 20.8 Å². The number of hydrogen-bond acceptors (Lipinski definition) is 6. The van der Waals surface area contributed by atoms with E-state index in [0.717, 1.165) is 17.1 Å². The number of carbonyl (C=O) groups excluding carboxylic acids is 2. The molecule has 7 heteroatoms. The number of hydrogen-bond donors (Lipinski definition) is 0. The summed E-state index contributed by atoms with van der Waals surface area (Å²) in [6.45, 7) is 5.19. The lowest BCUT2D eigenvalue weighted by Crippen LogP contribution is -2.15. The van der Waals surface area contributed by atoms with Crippen LogP contribution < -0.4 is 4.90 Å². The number of Topliss-reactive ketones (excluding diaryl/α,β-unsaturated/α-hetero) is 1. The highest BCUT2D eigenvalue weighted by Crippen LogP contribution is 2.21. The molecule has 0 aliphatic rings. The van der Waals surface area contributed by atoms with E-state index in [1.165, 1.54) is 0 Å². The van der Waals surface area contributed by atoms with Gasteiger partial charge in [0.2, 0.25) is 5.78 Å². The van der Waals surface area contributed by atoms with Crippen LogP contribution in [0.1, 0.15) is 37.9 Å². The number of ether oxygens (including phenoxy) is 1. The number of aromatic nitrogens is 2. The van der Waals surface area contributed by atoms with Crippen molar-refractivity contribution in [2.24, 2.45) is 0 Å². The van der Waals surface area contributed by atoms with Gasteiger partial charge in [0.25, 0.3) is 0 Å². The van der Waals surface area contributed by atoms with E-state index in [1.54, 1.807) is 31.2 Å². The van der Waals surface area contributed by atoms with Crippen LogP contribution in [0.3, 0.4) is 0 Å². The van der Waals surface area contributed by atoms with Crippen molar-refractivity contribution in [3.8, 4) is 5.82 Å². The van der Waals surface area contributed by atoms with Crippen molar-refractivity contribution in [1.29, 1.82) is 0 Å². The average Bonchev–Trinajstić information content (AvgIpc) is 3.21. The van der Waals surface area contributed by atoms with Crippen LogP contribution >= 0.6 is 0 Å². The molecule has 7 nitrogen and oxygen atoms in total. The molecule has 0 aliphatic carbocycles. The molecule has 3 rings (SSSR count). The summed E-state index contributed by atoms with van der Waals surface area (Å²) in [5.74, 6) is 0.506. The second-order valence-corrected chi connectivity index (χ2v) is 6.86. The predicted molar refractivity (Wildman–Crippen MR) is 105 cm³/mol. The van der Waals surface area contributed by atoms with Gasteiger partial charge in [-0.1, -0.05) is 5.16 Å². The molecule has 1 aromatic carbocycles. The molecule has 0 saturated carbocycles. The number of benzene rings is 1. The maximum Gasteiger partial charge on any atom is 0.338 e. The first-order chi connectivity index (χ1) is 13.3. The summed E-state index contributed by atoms with van der Waals surface area (Å²) in [6, 6.07) is 10.6. The first kappa shape index (κ1) is 19.4. The molecule has 0 unspecified atom stereocenters. The summed E-state index contributed by atoms with van der Waals surface area (Å²) in [5.41, 5.74) is 3.45. The van der Waals surface area contributed by atoms with Gasteiger partial charge in [0.05, 0.1) is 5.56 Å². The molecule has 3 aromatic rings. The largest absolute Gasteiger partial charge is 0.454 e. The van der Waals surface area contributed by atoms with Crippen molar-refractivity contribution in [3.63, 3.8) is 0 Å². The van der Waals surface area contributed by atoms with E-state index < -0.39 is 5.97 Å². The van der Waals surface area contributed by atoms with Crippen LogP contribution in [0.25, 0.3) is 5.82 Å². The Hall–Kier alpha value is -3.35. The smallest absolute Gasteiger partial charge is 0.338 e. The first-order valence-electron chi connectivity index (χ1n) is 8.88. The fourth-order valence-electron chi connectivity index (χ4n) is 3.04. The van der Waals surface area contributed by atoms with Gasteiger partial charge in [-0.25, -0.2) is 4.79 Å². The number of ketones is 1. The quantitative estimate of drug-likeness (QED) is 0.480. The standard InChI is InChI=1S/C21H23N3O4/c1-13-10-18(15(3)24(13)20-11-14(2)28-22-20)19(25)12-27-21(26)16-6-8-17(9-7-16)23(4)5/h6-11H,12H2,1-5H3. The lowest BCUT2D eigenvalue weighted by Gasteiger charge is -2.12. The molecule has 0 spiro atoms. The molecule has 0 saturated heterocycles. The summed E-state index contributed by atoms with van der Waals surface area (Å²) in [7, 11) is 3.84. The van der Waals surface area contributed by atoms with Gasteiger partial charge in [-0.15, -0.1) is 0 Å². The van der Waals surface area contributed by atoms with Crippen molar-refractivity contribution >= 4 is 17.4 Å². The van der Waals surface area contributed by atoms with Gasteiger partial charge in [0.15, 0.2) is 12.4 Å². The van der Waals surface area contributed by atoms with Crippen molar-refractivity contribution in [1.82, 2.24) is 9.72 Å². The van der Waals surface area contributed by atoms with Crippen LogP contribution in [0.4, 0.5) is 5.69 Å². The second-order valence-electron chi connectivity index (χ2n) is 6.86. The van der Waals surface area contributed by atoms with Gasteiger partial charge in [0, 0.05) is 42.8 Å². The molecule has 0 bridgehead atoms. The van der Waals surface area contributed by atoms with E-state index in [4.69, 9.17) is 9.26 Å². The zero-order valence-corrected chi connectivity index (χ0v) is 16.6. The Kier molecular flexibility index (Phi) is 5.35. The number of carbonyl (C=O) groups is 2. The number of nitrogens with zero attached hydrogens (tertiary/aromatic N) is 3. The third-order valence-corrected chi connectivity index (χ3v) is 4.53. The van der Waals surface area contributed by atoms with Gasteiger partial charge in [-0.3, -0.25) is 9.36 Å². The third kappa shape index (κ3) is 3.83. The van der Waals surface area contributed by atoms with Gasteiger partial charge < -0.3 is 14.2 Å². The molecule has 0 aliphatic heterocycles. The maximum atomic E-state index is 12.6. The van der Waals surface area contributed by atoms with E-state index in [2.05, 4.69) is 5.16 Å². The van der Waals surface area contributed by atoms with E-state index in [9.17, 15) is 9.59 Å². The molecular formula is C21H23N3O4. The number of rotatable bonds is 6. The summed E-state index contributed by atoms with van der Waals surface area (Å²) in [6.07, 6.45) is 0. The fraction of sp³-hybridized carbons (Fsp3) is 0.286. The monoisotopic (exact) mass is 381 g/mol. The van der Waals surface area contributed by atoms with Gasteiger partial charge in [-0.2, -0.15) is 0 Å². The number of esters is 1. The van der Waals surface area contributed by atoms with Crippen LogP contribution in [-0.4, -0.2) is 42.2 Å². The summed E-state index contributed by atoms with van der Waals surface area (Å²) >= 11 is 0. The van der Waals surface area contributed by atoms with Gasteiger partial charge in [-0.05, 0) is 51.1 Å². The molecule has 0 amide bonds. The Balaban J connectivity index is 1.70. The number of aryl methyl sites for hydroxylation is 2. The highest BCUT2D eigenvalue weighted by Gasteiger charge is 2.20. The lowest BCUT2D eigenvalue weighted by atomic mass is 10.1. The van der Waals surface area contributed by atoms with Crippen LogP contribution in [-0.2, 0) is 4.74 Å². The van der Waals surface area contributed by atoms with E-state index in [-0.39, 0.29) is 12.4 Å². The summed E-state index contributed by atoms with van der Waals surface area (Å²) in [5, 5.41) is 4.00. The Morgan fingerprint density at radius 1 is 1.11 bits per heavy atom. The second kappa shape index (κ2) is 7.72. The molecule has 0 atom stereocenters. The Bertz CT molecular complexity index is 1010. The molecular weight excluding hydrogens is 358 g/mol. The molecule has 0 radical (unpaired) electrons. The zero-order valence-electron chi connectivity index (χ0n) is 16.6. The highest BCUT2D eigenvalue weighted by molar-refractivity contribution is 6.00. The topological polar surface area (TPSA) is 77.6 Å². The lowest BCUT2D eigenvalue weighted by molar-refractivity contribution is 0.0474. The normalized spacial score (nSPS) is 10.8. The summed E-state index contributed by atoms with van der Waals surface area (Å²) in [4.78, 5) is 26.8. The molecule has 28 heavy (non-hydrogen) atoms. The minimum absolute atomic E-state index is 0.266. The molecule has 0 fully saturated rings. The fourth-order valence-corrected chi connectivity index (χ4v) is 3.04. The molecule has 146 valence electrons. The van der Waals surface area contributed by atoms with E-state index in [1.807, 2.05) is 49.5 Å². The van der Waals surface area contributed by atoms with Crippen LogP contribution in [0, 0.1) is 20.8 Å². The van der Waals surface area contributed by atoms with Crippen LogP contribution in [0.2, 0.25) is 0 Å². The van der Waals surface area contributed by atoms with Crippen LogP contribution in [0.5, 0.6) is 0 Å². The Labute approximate surface area is 163 Å². The van der Waals surface area contributed by atoms with E-state index >= 15 is 0 Å². The molecule has 2 heterocycles. The first-order valence-corrected chi connectivity index (χ1v) is 8.88. The van der Waals surface area contributed by atoms with Crippen molar-refractivity contribution in [2.75, 3.05) is 25.6 Å². The van der Waals surface area contributed by atoms with Crippen molar-refractivity contribution in [3.05, 3.63) is 64.7 Å². The highest BCUT2D eigenvalue weighted by atomic mass is 16.5. The van der Waals surface area contributed by atoms with Crippen molar-refractivity contribution < 1.29 is 18.8 Å². The van der Waals surface area contributed by atoms with Crippen LogP contribution in [0.15, 0.2) is 40.9 Å². The molecule has 2 aromatic heterocycles. The SMILES string of the molecule is Cc1cc(-n2c(C)cc(C(=O)COC(=O)c3ccc(N(C)C)cc3)c2C)no1. The minimum Gasteiger partial charge on any atom is -0.454 e. The Morgan fingerprint density at radius 3 is 2.36 bits per heavy atom. The Morgan fingerprint density at radius 2 is 1.79 bits per heavy atom.